The van der Waals surface area contributed by atoms with Crippen LogP contribution in [0.1, 0.15) is 23.2 Å². The first-order chi connectivity index (χ1) is 9.15. The molecule has 0 unspecified atom stereocenters. The summed E-state index contributed by atoms with van der Waals surface area (Å²) in [7, 11) is 0. The third-order valence-corrected chi connectivity index (χ3v) is 3.99. The molecular formula is C13H10F2N2OS. The minimum absolute atomic E-state index is 0.0391. The molecule has 0 atom stereocenters. The first kappa shape index (κ1) is 12.3. The molecule has 1 aromatic heterocycles. The molecule has 0 spiro atoms. The van der Waals surface area contributed by atoms with E-state index in [9.17, 15) is 13.6 Å². The molecule has 1 aliphatic heterocycles. The van der Waals surface area contributed by atoms with Crippen molar-refractivity contribution in [2.75, 3.05) is 0 Å². The van der Waals surface area contributed by atoms with Crippen LogP contribution in [-0.2, 0) is 11.5 Å². The van der Waals surface area contributed by atoms with E-state index >= 15 is 0 Å². The second-order valence-electron chi connectivity index (χ2n) is 4.26. The van der Waals surface area contributed by atoms with Crippen LogP contribution in [0.25, 0.3) is 11.4 Å². The normalized spacial score (nSPS) is 13.8. The smallest absolute Gasteiger partial charge is 0.263 e. The van der Waals surface area contributed by atoms with Crippen molar-refractivity contribution < 1.29 is 8.78 Å². The summed E-state index contributed by atoms with van der Waals surface area (Å²) in [4.78, 5) is 19.0. The Balaban J connectivity index is 2.03. The molecule has 2 heterocycles. The van der Waals surface area contributed by atoms with Crippen molar-refractivity contribution in [2.24, 2.45) is 0 Å². The SMILES string of the molecule is O=c1[nH]c(-c2ccc(C(F)F)cc2)nc2c1CSC2. The Hall–Kier alpha value is -1.69. The quantitative estimate of drug-likeness (QED) is 0.919. The van der Waals surface area contributed by atoms with Gasteiger partial charge in [0.1, 0.15) is 5.82 Å². The molecule has 1 aliphatic rings. The van der Waals surface area contributed by atoms with Crippen molar-refractivity contribution in [2.45, 2.75) is 17.9 Å². The standard InChI is InChI=1S/C13H10F2N2OS/c14-11(15)7-1-3-8(4-2-7)12-16-10-6-19-5-9(10)13(18)17-12/h1-4,11H,5-6H2,(H,16,17,18). The van der Waals surface area contributed by atoms with Crippen LogP contribution in [0.5, 0.6) is 0 Å². The lowest BCUT2D eigenvalue weighted by Crippen LogP contribution is -2.15. The average Bonchev–Trinajstić information content (AvgIpc) is 2.87. The number of benzene rings is 1. The third kappa shape index (κ3) is 2.28. The maximum Gasteiger partial charge on any atom is 0.263 e. The van der Waals surface area contributed by atoms with Gasteiger partial charge in [-0.15, -0.1) is 0 Å². The number of nitrogens with one attached hydrogen (secondary N) is 1. The van der Waals surface area contributed by atoms with Gasteiger partial charge < -0.3 is 4.98 Å². The summed E-state index contributed by atoms with van der Waals surface area (Å²) in [5.41, 5.74) is 1.98. The Kier molecular flexibility index (Phi) is 3.10. The number of nitrogens with zero attached hydrogens (tertiary/aromatic N) is 1. The van der Waals surface area contributed by atoms with E-state index in [1.165, 1.54) is 12.1 Å². The fraction of sp³-hybridized carbons (Fsp3) is 0.231. The van der Waals surface area contributed by atoms with Crippen LogP contribution >= 0.6 is 11.8 Å². The molecule has 19 heavy (non-hydrogen) atoms. The Morgan fingerprint density at radius 3 is 2.63 bits per heavy atom. The molecule has 0 radical (unpaired) electrons. The van der Waals surface area contributed by atoms with E-state index in [1.807, 2.05) is 0 Å². The van der Waals surface area contributed by atoms with Gasteiger partial charge in [-0.3, -0.25) is 4.79 Å². The molecule has 1 N–H and O–H groups in total. The van der Waals surface area contributed by atoms with Gasteiger partial charge >= 0.3 is 0 Å². The molecule has 0 saturated carbocycles. The van der Waals surface area contributed by atoms with Crippen molar-refractivity contribution in [3.05, 3.63) is 51.4 Å². The minimum Gasteiger partial charge on any atom is -0.306 e. The second-order valence-corrected chi connectivity index (χ2v) is 5.24. The Morgan fingerprint density at radius 2 is 1.95 bits per heavy atom. The summed E-state index contributed by atoms with van der Waals surface area (Å²) >= 11 is 1.65. The molecule has 6 heteroatoms. The van der Waals surface area contributed by atoms with E-state index in [2.05, 4.69) is 9.97 Å². The summed E-state index contributed by atoms with van der Waals surface area (Å²) in [6, 6.07) is 5.80. The van der Waals surface area contributed by atoms with Gasteiger partial charge in [0.15, 0.2) is 0 Å². The highest BCUT2D eigenvalue weighted by Crippen LogP contribution is 2.27. The average molecular weight is 280 g/mol. The predicted octanol–water partition coefficient (Wildman–Crippen LogP) is 3.12. The molecule has 0 bridgehead atoms. The van der Waals surface area contributed by atoms with Crippen molar-refractivity contribution in [3.63, 3.8) is 0 Å². The highest BCUT2D eigenvalue weighted by atomic mass is 32.2. The van der Waals surface area contributed by atoms with E-state index < -0.39 is 6.43 Å². The van der Waals surface area contributed by atoms with E-state index in [0.29, 0.717) is 17.1 Å². The van der Waals surface area contributed by atoms with E-state index in [4.69, 9.17) is 0 Å². The fourth-order valence-electron chi connectivity index (χ4n) is 1.99. The van der Waals surface area contributed by atoms with Gasteiger partial charge in [-0.2, -0.15) is 11.8 Å². The zero-order chi connectivity index (χ0) is 13.4. The number of hydrogen-bond donors (Lipinski definition) is 1. The fourth-order valence-corrected chi connectivity index (χ4v) is 3.02. The number of aromatic amines is 1. The molecule has 0 aliphatic carbocycles. The lowest BCUT2D eigenvalue weighted by molar-refractivity contribution is 0.151. The summed E-state index contributed by atoms with van der Waals surface area (Å²) < 4.78 is 24.9. The predicted molar refractivity (Wildman–Crippen MR) is 70.2 cm³/mol. The summed E-state index contributed by atoms with van der Waals surface area (Å²) in [6.07, 6.45) is -2.49. The van der Waals surface area contributed by atoms with Crippen LogP contribution in [0, 0.1) is 0 Å². The van der Waals surface area contributed by atoms with E-state index in [-0.39, 0.29) is 11.1 Å². The lowest BCUT2D eigenvalue weighted by atomic mass is 10.1. The van der Waals surface area contributed by atoms with Crippen molar-refractivity contribution in [1.29, 1.82) is 0 Å². The number of fused-ring (bicyclic) bond motifs is 1. The summed E-state index contributed by atoms with van der Waals surface area (Å²) in [5.74, 6) is 1.84. The Morgan fingerprint density at radius 1 is 1.21 bits per heavy atom. The number of aromatic nitrogens is 2. The summed E-state index contributed by atoms with van der Waals surface area (Å²) in [5, 5.41) is 0. The second kappa shape index (κ2) is 4.77. The monoisotopic (exact) mass is 280 g/mol. The molecule has 0 saturated heterocycles. The number of hydrogen-bond acceptors (Lipinski definition) is 3. The number of rotatable bonds is 2. The molecule has 3 nitrogen and oxygen atoms in total. The molecule has 1 aromatic carbocycles. The van der Waals surface area contributed by atoms with Gasteiger partial charge in [0, 0.05) is 28.2 Å². The Bertz CT molecular complexity index is 667. The molecule has 98 valence electrons. The van der Waals surface area contributed by atoms with E-state index in [0.717, 1.165) is 17.0 Å². The maximum absolute atomic E-state index is 12.5. The summed E-state index contributed by atoms with van der Waals surface area (Å²) in [6.45, 7) is 0. The molecule has 0 fully saturated rings. The minimum atomic E-state index is -2.49. The first-order valence-corrected chi connectivity index (χ1v) is 6.89. The molecular weight excluding hydrogens is 270 g/mol. The van der Waals surface area contributed by atoms with Crippen LogP contribution in [0.3, 0.4) is 0 Å². The van der Waals surface area contributed by atoms with Crippen LogP contribution < -0.4 is 5.56 Å². The lowest BCUT2D eigenvalue weighted by Gasteiger charge is -2.05. The van der Waals surface area contributed by atoms with Crippen LogP contribution in [-0.4, -0.2) is 9.97 Å². The number of H-pyrrole nitrogens is 1. The third-order valence-electron chi connectivity index (χ3n) is 3.02. The van der Waals surface area contributed by atoms with Gasteiger partial charge in [0.05, 0.1) is 5.69 Å². The van der Waals surface area contributed by atoms with Gasteiger partial charge in [-0.05, 0) is 0 Å². The van der Waals surface area contributed by atoms with Crippen LogP contribution in [0.15, 0.2) is 29.1 Å². The molecule has 3 rings (SSSR count). The Labute approximate surface area is 112 Å². The first-order valence-electron chi connectivity index (χ1n) is 5.73. The zero-order valence-electron chi connectivity index (χ0n) is 9.82. The molecule has 0 amide bonds. The van der Waals surface area contributed by atoms with E-state index in [1.54, 1.807) is 23.9 Å². The number of alkyl halides is 2. The zero-order valence-corrected chi connectivity index (χ0v) is 10.6. The van der Waals surface area contributed by atoms with Gasteiger partial charge in [0.25, 0.3) is 12.0 Å². The van der Waals surface area contributed by atoms with Crippen molar-refractivity contribution in [3.8, 4) is 11.4 Å². The maximum atomic E-state index is 12.5. The molecule has 2 aromatic rings. The van der Waals surface area contributed by atoms with Crippen LogP contribution in [0.4, 0.5) is 8.78 Å². The topological polar surface area (TPSA) is 45.8 Å². The number of halogens is 2. The van der Waals surface area contributed by atoms with Gasteiger partial charge in [0.2, 0.25) is 0 Å². The van der Waals surface area contributed by atoms with Crippen molar-refractivity contribution in [1.82, 2.24) is 9.97 Å². The largest absolute Gasteiger partial charge is 0.306 e. The highest BCUT2D eigenvalue weighted by Gasteiger charge is 2.18. The number of thioether (sulfide) groups is 1. The highest BCUT2D eigenvalue weighted by molar-refractivity contribution is 7.98. The van der Waals surface area contributed by atoms with Crippen molar-refractivity contribution >= 4 is 11.8 Å². The van der Waals surface area contributed by atoms with Crippen LogP contribution in [0.2, 0.25) is 0 Å². The van der Waals surface area contributed by atoms with Gasteiger partial charge in [-0.25, -0.2) is 13.8 Å². The van der Waals surface area contributed by atoms with Gasteiger partial charge in [-0.1, -0.05) is 24.3 Å².